The zero-order valence-corrected chi connectivity index (χ0v) is 15.7. The summed E-state index contributed by atoms with van der Waals surface area (Å²) in [5.41, 5.74) is 0.107. The Morgan fingerprint density at radius 2 is 2.00 bits per heavy atom. The van der Waals surface area contributed by atoms with Crippen LogP contribution >= 0.6 is 27.5 Å². The summed E-state index contributed by atoms with van der Waals surface area (Å²) in [4.78, 5) is 24.9. The number of benzene rings is 1. The Hall–Kier alpha value is -2.43. The highest BCUT2D eigenvalue weighted by Gasteiger charge is 2.22. The molecule has 0 saturated heterocycles. The summed E-state index contributed by atoms with van der Waals surface area (Å²) in [6, 6.07) is 6.92. The van der Waals surface area contributed by atoms with Gasteiger partial charge >= 0.3 is 0 Å². The van der Waals surface area contributed by atoms with Crippen LogP contribution < -0.4 is 22.6 Å². The van der Waals surface area contributed by atoms with E-state index in [1.165, 1.54) is 14.1 Å². The molecule has 11 heteroatoms. The molecule has 0 spiro atoms. The van der Waals surface area contributed by atoms with E-state index in [-0.39, 0.29) is 22.2 Å². The van der Waals surface area contributed by atoms with Crippen molar-refractivity contribution in [3.63, 3.8) is 0 Å². The van der Waals surface area contributed by atoms with Crippen molar-refractivity contribution in [1.29, 1.82) is 0 Å². The number of hydrazine groups is 1. The van der Waals surface area contributed by atoms with E-state index in [1.807, 2.05) is 0 Å². The Balaban J connectivity index is 2.56. The van der Waals surface area contributed by atoms with Crippen LogP contribution in [0, 0.1) is 0 Å². The second kappa shape index (κ2) is 7.64. The van der Waals surface area contributed by atoms with Gasteiger partial charge in [0, 0.05) is 18.6 Å². The maximum Gasteiger partial charge on any atom is 0.280 e. The molecule has 0 unspecified atom stereocenters. The summed E-state index contributed by atoms with van der Waals surface area (Å²) in [6.45, 7) is 0. The largest absolute Gasteiger partial charge is 0.320 e. The topological polar surface area (TPSA) is 132 Å². The number of nitrogens with one attached hydrogen (secondary N) is 1. The van der Waals surface area contributed by atoms with Gasteiger partial charge in [0.15, 0.2) is 5.69 Å². The highest BCUT2D eigenvalue weighted by molar-refractivity contribution is 9.10. The van der Waals surface area contributed by atoms with Crippen LogP contribution in [0.25, 0.3) is 11.1 Å². The van der Waals surface area contributed by atoms with Gasteiger partial charge in [-0.05, 0) is 17.7 Å². The molecule has 0 aliphatic heterocycles. The molecule has 0 radical (unpaired) electrons. The molecule has 9 nitrogen and oxygen atoms in total. The van der Waals surface area contributed by atoms with E-state index in [4.69, 9.17) is 23.3 Å². The van der Waals surface area contributed by atoms with Gasteiger partial charge in [0.2, 0.25) is 5.96 Å². The lowest BCUT2D eigenvalue weighted by atomic mass is 10.1. The number of carbonyl (C=O) groups is 1. The van der Waals surface area contributed by atoms with Crippen molar-refractivity contribution in [3.05, 3.63) is 49.8 Å². The van der Waals surface area contributed by atoms with Crippen molar-refractivity contribution in [2.75, 3.05) is 7.05 Å². The first-order chi connectivity index (χ1) is 11.8. The first-order valence-electron chi connectivity index (χ1n) is 6.86. The van der Waals surface area contributed by atoms with Gasteiger partial charge in [-0.2, -0.15) is 5.10 Å². The fourth-order valence-corrected chi connectivity index (χ4v) is 2.58. The van der Waals surface area contributed by atoms with Crippen LogP contribution in [-0.4, -0.2) is 33.7 Å². The molecule has 0 aliphatic rings. The summed E-state index contributed by atoms with van der Waals surface area (Å²) < 4.78 is 1.87. The van der Waals surface area contributed by atoms with E-state index in [1.54, 1.807) is 24.3 Å². The summed E-state index contributed by atoms with van der Waals surface area (Å²) in [5, 5.41) is 10.6. The lowest BCUT2D eigenvalue weighted by molar-refractivity contribution is 0.0965. The van der Waals surface area contributed by atoms with Crippen molar-refractivity contribution in [3.8, 4) is 11.1 Å². The number of guanidine groups is 1. The third kappa shape index (κ3) is 3.98. The van der Waals surface area contributed by atoms with Crippen molar-refractivity contribution < 1.29 is 4.79 Å². The van der Waals surface area contributed by atoms with Gasteiger partial charge in [-0.15, -0.1) is 5.10 Å². The van der Waals surface area contributed by atoms with Gasteiger partial charge in [0.1, 0.15) is 0 Å². The van der Waals surface area contributed by atoms with Gasteiger partial charge in [0.05, 0.1) is 10.6 Å². The Morgan fingerprint density at radius 1 is 1.40 bits per heavy atom. The Labute approximate surface area is 156 Å². The number of rotatable bonds is 2. The fraction of sp³-hybridized carbons (Fsp3) is 0.143. The molecular formula is C14H15BrClN7O2. The van der Waals surface area contributed by atoms with E-state index in [2.05, 4.69) is 31.4 Å². The van der Waals surface area contributed by atoms with Crippen molar-refractivity contribution >= 4 is 39.4 Å². The summed E-state index contributed by atoms with van der Waals surface area (Å²) in [6.07, 6.45) is 0. The van der Waals surface area contributed by atoms with Crippen LogP contribution in [0.5, 0.6) is 0 Å². The monoisotopic (exact) mass is 427 g/mol. The molecule has 0 saturated carbocycles. The van der Waals surface area contributed by atoms with Crippen molar-refractivity contribution in [2.45, 2.75) is 0 Å². The quantitative estimate of drug-likeness (QED) is 0.278. The Morgan fingerprint density at radius 3 is 2.52 bits per heavy atom. The van der Waals surface area contributed by atoms with E-state index < -0.39 is 11.5 Å². The molecule has 1 aromatic carbocycles. The molecule has 1 heterocycles. The van der Waals surface area contributed by atoms with Gasteiger partial charge in [0.25, 0.3) is 11.5 Å². The number of carbonyl (C=O) groups excluding carboxylic acids is 1. The minimum Gasteiger partial charge on any atom is -0.320 e. The molecule has 132 valence electrons. The van der Waals surface area contributed by atoms with Gasteiger partial charge in [-0.25, -0.2) is 10.5 Å². The van der Waals surface area contributed by atoms with Crippen LogP contribution in [0.4, 0.5) is 0 Å². The molecule has 2 aromatic rings. The maximum atomic E-state index is 12.4. The third-order valence-corrected chi connectivity index (χ3v) is 4.11. The zero-order valence-electron chi connectivity index (χ0n) is 13.3. The average molecular weight is 429 g/mol. The molecule has 1 amide bonds. The molecule has 5 N–H and O–H groups in total. The van der Waals surface area contributed by atoms with Gasteiger partial charge in [-0.3, -0.25) is 19.9 Å². The van der Waals surface area contributed by atoms with E-state index in [0.29, 0.717) is 5.56 Å². The molecular weight excluding hydrogens is 414 g/mol. The summed E-state index contributed by atoms with van der Waals surface area (Å²) >= 11 is 9.62. The second-order valence-corrected chi connectivity index (χ2v) is 6.28. The minimum absolute atomic E-state index is 0.0843. The lowest BCUT2D eigenvalue weighted by Gasteiger charge is -2.16. The second-order valence-electron chi connectivity index (χ2n) is 4.99. The first kappa shape index (κ1) is 18.9. The highest BCUT2D eigenvalue weighted by atomic mass is 79.9. The number of aryl methyl sites for hydroxylation is 1. The number of amides is 1. The molecule has 0 fully saturated rings. The fourth-order valence-electron chi connectivity index (χ4n) is 2.00. The lowest BCUT2D eigenvalue weighted by Crippen LogP contribution is -2.46. The molecule has 0 atom stereocenters. The predicted octanol–water partition coefficient (Wildman–Crippen LogP) is 0.628. The van der Waals surface area contributed by atoms with E-state index in [9.17, 15) is 9.59 Å². The van der Waals surface area contributed by atoms with Crippen LogP contribution in [0.1, 0.15) is 10.5 Å². The smallest absolute Gasteiger partial charge is 0.280 e. The number of nitrogens with two attached hydrogens (primary N) is 2. The number of hydrazone groups is 1. The van der Waals surface area contributed by atoms with Crippen LogP contribution in [0.3, 0.4) is 0 Å². The van der Waals surface area contributed by atoms with Gasteiger partial charge < -0.3 is 5.84 Å². The minimum atomic E-state index is -0.708. The van der Waals surface area contributed by atoms with Crippen molar-refractivity contribution in [2.24, 2.45) is 23.8 Å². The van der Waals surface area contributed by atoms with Gasteiger partial charge in [-0.1, -0.05) is 39.7 Å². The number of hydrogen-bond acceptors (Lipinski definition) is 6. The SMILES string of the molecule is CN(N)/C(=N\N)NC(=O)c1nn(C)c(=O)c(-c2ccc(Br)cc2)c1Cl. The third-order valence-electron chi connectivity index (χ3n) is 3.21. The normalized spacial score (nSPS) is 11.3. The molecule has 1 aromatic heterocycles. The first-order valence-corrected chi connectivity index (χ1v) is 8.03. The van der Waals surface area contributed by atoms with Crippen molar-refractivity contribution in [1.82, 2.24) is 20.1 Å². The van der Waals surface area contributed by atoms with E-state index >= 15 is 0 Å². The molecule has 2 rings (SSSR count). The summed E-state index contributed by atoms with van der Waals surface area (Å²) in [7, 11) is 2.86. The standard InChI is InChI=1S/C14H15BrClN7O2/c1-22(18)14(20-17)19-12(24)11-10(16)9(13(25)23(2)21-11)7-3-5-8(15)6-4-7/h3-6H,17-18H2,1-2H3,(H,19,20,24). The Bertz CT molecular complexity index is 893. The van der Waals surface area contributed by atoms with E-state index in [0.717, 1.165) is 14.2 Å². The highest BCUT2D eigenvalue weighted by Crippen LogP contribution is 2.27. The van der Waals surface area contributed by atoms with Crippen LogP contribution in [-0.2, 0) is 7.05 Å². The number of aromatic nitrogens is 2. The number of hydrogen-bond donors (Lipinski definition) is 3. The molecule has 0 bridgehead atoms. The predicted molar refractivity (Wildman–Crippen MR) is 98.7 cm³/mol. The Kier molecular flexibility index (Phi) is 5.77. The van der Waals surface area contributed by atoms with Crippen LogP contribution in [0.2, 0.25) is 5.02 Å². The zero-order chi connectivity index (χ0) is 18.7. The number of halogens is 2. The number of nitrogens with zero attached hydrogens (tertiary/aromatic N) is 4. The molecule has 0 aliphatic carbocycles. The maximum absolute atomic E-state index is 12.4. The summed E-state index contributed by atoms with van der Waals surface area (Å²) in [5.74, 6) is 9.86. The van der Waals surface area contributed by atoms with Crippen LogP contribution in [0.15, 0.2) is 38.6 Å². The molecule has 25 heavy (non-hydrogen) atoms. The average Bonchev–Trinajstić information content (AvgIpc) is 2.57.